The molecule has 0 aliphatic carbocycles. The summed E-state index contributed by atoms with van der Waals surface area (Å²) in [6.45, 7) is 4.03. The van der Waals surface area contributed by atoms with Crippen LogP contribution in [-0.4, -0.2) is 4.98 Å². The van der Waals surface area contributed by atoms with Crippen molar-refractivity contribution in [3.63, 3.8) is 0 Å². The van der Waals surface area contributed by atoms with Crippen molar-refractivity contribution >= 4 is 46.3 Å². The van der Waals surface area contributed by atoms with Gasteiger partial charge in [-0.3, -0.25) is 0 Å². The zero-order valence-corrected chi connectivity index (χ0v) is 12.2. The van der Waals surface area contributed by atoms with E-state index < -0.39 is 0 Å². The summed E-state index contributed by atoms with van der Waals surface area (Å²) in [7, 11) is 0. The topological polar surface area (TPSA) is 24.9 Å². The van der Waals surface area contributed by atoms with Crippen LogP contribution in [-0.2, 0) is 0 Å². The highest BCUT2D eigenvalue weighted by molar-refractivity contribution is 6.43. The van der Waals surface area contributed by atoms with Gasteiger partial charge < -0.3 is 5.32 Å². The number of benzene rings is 1. The van der Waals surface area contributed by atoms with E-state index in [1.807, 2.05) is 32.0 Å². The van der Waals surface area contributed by atoms with E-state index >= 15 is 0 Å². The molecule has 18 heavy (non-hydrogen) atoms. The van der Waals surface area contributed by atoms with Crippen molar-refractivity contribution in [3.8, 4) is 0 Å². The molecule has 0 amide bonds. The fourth-order valence-electron chi connectivity index (χ4n) is 1.53. The maximum Gasteiger partial charge on any atom is 0.151 e. The molecule has 0 aliphatic heterocycles. The van der Waals surface area contributed by atoms with Crippen LogP contribution in [0.5, 0.6) is 0 Å². The summed E-state index contributed by atoms with van der Waals surface area (Å²) in [6.07, 6.45) is 0. The Morgan fingerprint density at radius 3 is 2.44 bits per heavy atom. The van der Waals surface area contributed by atoms with Gasteiger partial charge in [-0.15, -0.1) is 0 Å². The van der Waals surface area contributed by atoms with E-state index in [4.69, 9.17) is 34.8 Å². The largest absolute Gasteiger partial charge is 0.339 e. The van der Waals surface area contributed by atoms with Crippen LogP contribution < -0.4 is 5.32 Å². The molecule has 1 aromatic carbocycles. The van der Waals surface area contributed by atoms with Gasteiger partial charge in [-0.1, -0.05) is 46.9 Å². The number of nitrogens with zero attached hydrogens (tertiary/aromatic N) is 1. The summed E-state index contributed by atoms with van der Waals surface area (Å²) in [5.74, 6) is 0.500. The molecule has 94 valence electrons. The lowest BCUT2D eigenvalue weighted by molar-refractivity contribution is 1.29. The van der Waals surface area contributed by atoms with Gasteiger partial charge in [-0.25, -0.2) is 4.98 Å². The first-order chi connectivity index (χ1) is 8.47. The Bertz CT molecular complexity index is 597. The van der Waals surface area contributed by atoms with E-state index in [2.05, 4.69) is 10.3 Å². The van der Waals surface area contributed by atoms with Crippen molar-refractivity contribution in [1.82, 2.24) is 4.98 Å². The second-order valence-corrected chi connectivity index (χ2v) is 5.21. The molecule has 0 spiro atoms. The summed E-state index contributed by atoms with van der Waals surface area (Å²) in [5, 5.41) is 4.17. The number of aromatic nitrogens is 1. The molecule has 0 saturated heterocycles. The SMILES string of the molecule is Cc1ccc(C)c(Nc2nc(Cl)c(Cl)cc2Cl)c1. The molecule has 2 rings (SSSR count). The second kappa shape index (κ2) is 5.35. The van der Waals surface area contributed by atoms with Crippen molar-refractivity contribution in [2.75, 3.05) is 5.32 Å². The van der Waals surface area contributed by atoms with Gasteiger partial charge in [-0.2, -0.15) is 0 Å². The molecule has 0 radical (unpaired) electrons. The first-order valence-electron chi connectivity index (χ1n) is 5.33. The third-order valence-electron chi connectivity index (χ3n) is 2.53. The van der Waals surface area contributed by atoms with Crippen LogP contribution in [0.2, 0.25) is 15.2 Å². The minimum Gasteiger partial charge on any atom is -0.339 e. The predicted molar refractivity (Wildman–Crippen MR) is 78.5 cm³/mol. The summed E-state index contributed by atoms with van der Waals surface area (Å²) in [5.41, 5.74) is 3.20. The van der Waals surface area contributed by atoms with E-state index in [1.165, 1.54) is 0 Å². The predicted octanol–water partition coefficient (Wildman–Crippen LogP) is 5.40. The highest BCUT2D eigenvalue weighted by Gasteiger charge is 2.09. The van der Waals surface area contributed by atoms with E-state index in [-0.39, 0.29) is 5.15 Å². The summed E-state index contributed by atoms with van der Waals surface area (Å²) in [6, 6.07) is 7.68. The van der Waals surface area contributed by atoms with Crippen LogP contribution in [0.3, 0.4) is 0 Å². The first kappa shape index (κ1) is 13.5. The number of pyridine rings is 1. The molecule has 0 aliphatic rings. The maximum absolute atomic E-state index is 6.08. The van der Waals surface area contributed by atoms with Crippen molar-refractivity contribution in [2.24, 2.45) is 0 Å². The van der Waals surface area contributed by atoms with Gasteiger partial charge in [0.15, 0.2) is 5.82 Å². The normalized spacial score (nSPS) is 10.5. The molecule has 1 aromatic heterocycles. The van der Waals surface area contributed by atoms with Crippen LogP contribution >= 0.6 is 34.8 Å². The van der Waals surface area contributed by atoms with Crippen LogP contribution in [0.4, 0.5) is 11.5 Å². The van der Waals surface area contributed by atoms with E-state index in [0.717, 1.165) is 16.8 Å². The van der Waals surface area contributed by atoms with Crippen molar-refractivity contribution in [3.05, 3.63) is 50.6 Å². The minimum absolute atomic E-state index is 0.230. The lowest BCUT2D eigenvalue weighted by atomic mass is 10.1. The molecule has 0 saturated carbocycles. The number of nitrogens with one attached hydrogen (secondary N) is 1. The molecule has 5 heteroatoms. The Morgan fingerprint density at radius 1 is 1.00 bits per heavy atom. The second-order valence-electron chi connectivity index (χ2n) is 4.03. The van der Waals surface area contributed by atoms with Crippen molar-refractivity contribution < 1.29 is 0 Å². The standard InChI is InChI=1S/C13H11Cl3N2/c1-7-3-4-8(2)11(5-7)17-13-10(15)6-9(14)12(16)18-13/h3-6H,1-2H3,(H,17,18). The molecular formula is C13H11Cl3N2. The summed E-state index contributed by atoms with van der Waals surface area (Å²) < 4.78 is 0. The molecule has 0 atom stereocenters. The molecule has 2 nitrogen and oxygen atoms in total. The third kappa shape index (κ3) is 2.89. The van der Waals surface area contributed by atoms with E-state index in [1.54, 1.807) is 6.07 Å². The van der Waals surface area contributed by atoms with Gasteiger partial charge in [-0.05, 0) is 37.1 Å². The maximum atomic E-state index is 6.08. The van der Waals surface area contributed by atoms with Gasteiger partial charge in [0, 0.05) is 5.69 Å². The smallest absolute Gasteiger partial charge is 0.151 e. The zero-order valence-electron chi connectivity index (χ0n) is 9.89. The quantitative estimate of drug-likeness (QED) is 0.751. The highest BCUT2D eigenvalue weighted by atomic mass is 35.5. The minimum atomic E-state index is 0.230. The van der Waals surface area contributed by atoms with E-state index in [0.29, 0.717) is 15.9 Å². The van der Waals surface area contributed by atoms with Gasteiger partial charge >= 0.3 is 0 Å². The number of aryl methyl sites for hydroxylation is 2. The van der Waals surface area contributed by atoms with Gasteiger partial charge in [0.25, 0.3) is 0 Å². The van der Waals surface area contributed by atoms with Gasteiger partial charge in [0.1, 0.15) is 5.15 Å². The fraction of sp³-hybridized carbons (Fsp3) is 0.154. The average Bonchev–Trinajstić information content (AvgIpc) is 2.30. The van der Waals surface area contributed by atoms with E-state index in [9.17, 15) is 0 Å². The van der Waals surface area contributed by atoms with Crippen molar-refractivity contribution in [1.29, 1.82) is 0 Å². The Labute approximate surface area is 121 Å². The molecule has 0 unspecified atom stereocenters. The zero-order chi connectivity index (χ0) is 13.3. The van der Waals surface area contributed by atoms with Crippen LogP contribution in [0, 0.1) is 13.8 Å². The third-order valence-corrected chi connectivity index (χ3v) is 3.49. The van der Waals surface area contributed by atoms with Crippen molar-refractivity contribution in [2.45, 2.75) is 13.8 Å². The average molecular weight is 302 g/mol. The fourth-order valence-corrected chi connectivity index (χ4v) is 2.07. The summed E-state index contributed by atoms with van der Waals surface area (Å²) in [4.78, 5) is 4.13. The molecule has 2 aromatic rings. The molecular weight excluding hydrogens is 291 g/mol. The molecule has 0 bridgehead atoms. The Morgan fingerprint density at radius 2 is 1.72 bits per heavy atom. The number of hydrogen-bond acceptors (Lipinski definition) is 2. The molecule has 0 fully saturated rings. The lowest BCUT2D eigenvalue weighted by Crippen LogP contribution is -1.97. The lowest BCUT2D eigenvalue weighted by Gasteiger charge is -2.11. The number of halogens is 3. The van der Waals surface area contributed by atoms with Crippen LogP contribution in [0.1, 0.15) is 11.1 Å². The highest BCUT2D eigenvalue weighted by Crippen LogP contribution is 2.31. The number of rotatable bonds is 2. The van der Waals surface area contributed by atoms with Gasteiger partial charge in [0.05, 0.1) is 10.0 Å². The number of hydrogen-bond donors (Lipinski definition) is 1. The van der Waals surface area contributed by atoms with Gasteiger partial charge in [0.2, 0.25) is 0 Å². The molecule has 1 heterocycles. The Balaban J connectivity index is 2.40. The monoisotopic (exact) mass is 300 g/mol. The Kier molecular flexibility index (Phi) is 4.00. The summed E-state index contributed by atoms with van der Waals surface area (Å²) >= 11 is 17.8. The number of anilines is 2. The first-order valence-corrected chi connectivity index (χ1v) is 6.46. The van der Waals surface area contributed by atoms with Crippen LogP contribution in [0.25, 0.3) is 0 Å². The molecule has 1 N–H and O–H groups in total. The van der Waals surface area contributed by atoms with Crippen LogP contribution in [0.15, 0.2) is 24.3 Å². The Hall–Kier alpha value is -0.960.